The van der Waals surface area contributed by atoms with Crippen molar-refractivity contribution < 1.29 is 5.11 Å². The number of hydrogen-bond acceptors (Lipinski definition) is 9. The summed E-state index contributed by atoms with van der Waals surface area (Å²) < 4.78 is 0. The van der Waals surface area contributed by atoms with Crippen molar-refractivity contribution in [3.63, 3.8) is 0 Å². The highest BCUT2D eigenvalue weighted by Crippen LogP contribution is 2.26. The van der Waals surface area contributed by atoms with E-state index in [-0.39, 0.29) is 18.4 Å². The minimum absolute atomic E-state index is 0. The standard InChI is InChI=1S/C15H26N8O.ClH/c1-6-8(2)19-15-21-11-10(13(17-5)23-15)20-14(18-7-9(3)24)22-12(11)16-4;/h8-9,24H,6-7H2,1-5H3,(H2,16,18,20,22)(H2,17,19,21,23);1H/t8-,9-;/m1./s1. The molecule has 0 amide bonds. The molecule has 2 atom stereocenters. The molecule has 0 aliphatic rings. The molecule has 0 aliphatic carbocycles. The maximum atomic E-state index is 9.42. The maximum Gasteiger partial charge on any atom is 0.225 e. The van der Waals surface area contributed by atoms with Gasteiger partial charge in [0.05, 0.1) is 6.10 Å². The Morgan fingerprint density at radius 3 is 1.92 bits per heavy atom. The molecule has 25 heavy (non-hydrogen) atoms. The molecule has 140 valence electrons. The van der Waals surface area contributed by atoms with Gasteiger partial charge in [-0.15, -0.1) is 12.4 Å². The van der Waals surface area contributed by atoms with Crippen molar-refractivity contribution in [2.75, 3.05) is 41.9 Å². The lowest BCUT2D eigenvalue weighted by Crippen LogP contribution is -2.18. The summed E-state index contributed by atoms with van der Waals surface area (Å²) in [6, 6.07) is 0.262. The van der Waals surface area contributed by atoms with Crippen LogP contribution in [0.5, 0.6) is 0 Å². The monoisotopic (exact) mass is 370 g/mol. The molecule has 10 heteroatoms. The largest absolute Gasteiger partial charge is 0.392 e. The van der Waals surface area contributed by atoms with Crippen LogP contribution in [0.2, 0.25) is 0 Å². The van der Waals surface area contributed by atoms with Crippen LogP contribution in [0.25, 0.3) is 11.0 Å². The Morgan fingerprint density at radius 1 is 0.920 bits per heavy atom. The molecule has 0 aliphatic heterocycles. The van der Waals surface area contributed by atoms with Gasteiger partial charge >= 0.3 is 0 Å². The number of hydrogen-bond donors (Lipinski definition) is 5. The highest BCUT2D eigenvalue weighted by molar-refractivity contribution is 5.94. The van der Waals surface area contributed by atoms with E-state index in [0.717, 1.165) is 6.42 Å². The summed E-state index contributed by atoms with van der Waals surface area (Å²) in [5.41, 5.74) is 1.24. The third kappa shape index (κ3) is 5.17. The molecule has 2 aromatic heterocycles. The van der Waals surface area contributed by atoms with Crippen molar-refractivity contribution in [3.8, 4) is 0 Å². The topological polar surface area (TPSA) is 120 Å². The number of fused-ring (bicyclic) bond motifs is 1. The Kier molecular flexibility index (Phi) is 7.85. The number of aliphatic hydroxyl groups excluding tert-OH is 1. The Hall–Kier alpha value is -2.13. The lowest BCUT2D eigenvalue weighted by atomic mass is 10.3. The summed E-state index contributed by atoms with van der Waals surface area (Å²) in [5, 5.41) is 21.8. The predicted molar refractivity (Wildman–Crippen MR) is 105 cm³/mol. The third-order valence-electron chi connectivity index (χ3n) is 3.56. The number of aromatic nitrogens is 4. The molecule has 2 heterocycles. The van der Waals surface area contributed by atoms with Gasteiger partial charge in [-0.05, 0) is 20.3 Å². The fourth-order valence-electron chi connectivity index (χ4n) is 2.07. The lowest BCUT2D eigenvalue weighted by molar-refractivity contribution is 0.208. The van der Waals surface area contributed by atoms with Crippen molar-refractivity contribution in [2.45, 2.75) is 39.3 Å². The zero-order valence-corrected chi connectivity index (χ0v) is 16.0. The average molecular weight is 371 g/mol. The molecule has 2 rings (SSSR count). The molecule has 0 saturated carbocycles. The summed E-state index contributed by atoms with van der Waals surface area (Å²) >= 11 is 0. The maximum absolute atomic E-state index is 9.42. The minimum atomic E-state index is -0.496. The highest BCUT2D eigenvalue weighted by Gasteiger charge is 2.15. The second-order valence-corrected chi connectivity index (χ2v) is 5.67. The SMILES string of the molecule is CC[C@@H](C)Nc1nc(NC)c2nc(NC[C@@H](C)O)nc(NC)c2n1.Cl. The van der Waals surface area contributed by atoms with Gasteiger partial charge in [0.1, 0.15) is 11.0 Å². The molecule has 0 unspecified atom stereocenters. The Labute approximate surface area is 153 Å². The van der Waals surface area contributed by atoms with Crippen LogP contribution in [0.3, 0.4) is 0 Å². The van der Waals surface area contributed by atoms with Crippen molar-refractivity contribution in [1.29, 1.82) is 0 Å². The van der Waals surface area contributed by atoms with Crippen LogP contribution >= 0.6 is 12.4 Å². The van der Waals surface area contributed by atoms with Gasteiger partial charge in [-0.1, -0.05) is 6.92 Å². The van der Waals surface area contributed by atoms with Crippen molar-refractivity contribution in [1.82, 2.24) is 19.9 Å². The van der Waals surface area contributed by atoms with Gasteiger partial charge < -0.3 is 26.4 Å². The van der Waals surface area contributed by atoms with Crippen LogP contribution in [0.15, 0.2) is 0 Å². The van der Waals surface area contributed by atoms with Crippen LogP contribution in [0.1, 0.15) is 27.2 Å². The minimum Gasteiger partial charge on any atom is -0.392 e. The normalized spacial score (nSPS) is 12.9. The van der Waals surface area contributed by atoms with Gasteiger partial charge in [0.2, 0.25) is 11.9 Å². The van der Waals surface area contributed by atoms with E-state index in [9.17, 15) is 5.11 Å². The number of anilines is 4. The van der Waals surface area contributed by atoms with E-state index in [1.165, 1.54) is 0 Å². The first-order chi connectivity index (χ1) is 11.5. The van der Waals surface area contributed by atoms with Gasteiger partial charge in [-0.25, -0.2) is 9.97 Å². The van der Waals surface area contributed by atoms with Gasteiger partial charge in [-0.3, -0.25) is 0 Å². The van der Waals surface area contributed by atoms with E-state index in [1.807, 2.05) is 0 Å². The molecule has 0 saturated heterocycles. The molecule has 9 nitrogen and oxygen atoms in total. The first-order valence-electron chi connectivity index (χ1n) is 8.12. The first kappa shape index (κ1) is 20.9. The third-order valence-corrected chi connectivity index (χ3v) is 3.56. The molecule has 2 aromatic rings. The van der Waals surface area contributed by atoms with Crippen molar-refractivity contribution in [3.05, 3.63) is 0 Å². The van der Waals surface area contributed by atoms with Gasteiger partial charge in [0.25, 0.3) is 0 Å². The number of aliphatic hydroxyl groups is 1. The second-order valence-electron chi connectivity index (χ2n) is 5.67. The van der Waals surface area contributed by atoms with Crippen LogP contribution in [-0.2, 0) is 0 Å². The molecule has 0 spiro atoms. The van der Waals surface area contributed by atoms with E-state index in [0.29, 0.717) is 41.1 Å². The molecule has 0 aromatic carbocycles. The van der Waals surface area contributed by atoms with E-state index < -0.39 is 6.10 Å². The van der Waals surface area contributed by atoms with E-state index in [1.54, 1.807) is 21.0 Å². The van der Waals surface area contributed by atoms with Gasteiger partial charge in [0.15, 0.2) is 11.6 Å². The average Bonchev–Trinajstić information content (AvgIpc) is 2.58. The molecule has 0 radical (unpaired) electrons. The summed E-state index contributed by atoms with van der Waals surface area (Å²) in [4.78, 5) is 17.9. The Morgan fingerprint density at radius 2 is 1.44 bits per heavy atom. The number of halogens is 1. The fraction of sp³-hybridized carbons (Fsp3) is 0.600. The summed E-state index contributed by atoms with van der Waals surface area (Å²) in [6.07, 6.45) is 0.470. The number of nitrogens with zero attached hydrogens (tertiary/aromatic N) is 4. The van der Waals surface area contributed by atoms with Gasteiger partial charge in [-0.2, -0.15) is 9.97 Å². The molecular formula is C15H27ClN8O. The zero-order chi connectivity index (χ0) is 17.7. The van der Waals surface area contributed by atoms with E-state index in [4.69, 9.17) is 0 Å². The zero-order valence-electron chi connectivity index (χ0n) is 15.2. The summed E-state index contributed by atoms with van der Waals surface area (Å²) in [7, 11) is 3.57. The van der Waals surface area contributed by atoms with E-state index in [2.05, 4.69) is 55.1 Å². The van der Waals surface area contributed by atoms with Crippen molar-refractivity contribution >= 4 is 47.0 Å². The van der Waals surface area contributed by atoms with Gasteiger partial charge in [0, 0.05) is 26.7 Å². The molecule has 5 N–H and O–H groups in total. The molecule has 0 bridgehead atoms. The summed E-state index contributed by atoms with van der Waals surface area (Å²) in [6.45, 7) is 6.23. The molecule has 0 fully saturated rings. The quantitative estimate of drug-likeness (QED) is 0.474. The number of rotatable bonds is 8. The Balaban J connectivity index is 0.00000312. The summed E-state index contributed by atoms with van der Waals surface area (Å²) in [5.74, 6) is 2.16. The van der Waals surface area contributed by atoms with Crippen LogP contribution in [0.4, 0.5) is 23.5 Å². The first-order valence-corrected chi connectivity index (χ1v) is 8.12. The molecular weight excluding hydrogens is 344 g/mol. The van der Waals surface area contributed by atoms with Crippen molar-refractivity contribution in [2.24, 2.45) is 0 Å². The van der Waals surface area contributed by atoms with Crippen LogP contribution in [0, 0.1) is 0 Å². The fourth-order valence-corrected chi connectivity index (χ4v) is 2.07. The van der Waals surface area contributed by atoms with E-state index >= 15 is 0 Å². The van der Waals surface area contributed by atoms with Crippen LogP contribution in [-0.4, -0.2) is 57.8 Å². The second kappa shape index (κ2) is 9.38. The predicted octanol–water partition coefficient (Wildman–Crippen LogP) is 1.93. The van der Waals surface area contributed by atoms with Crippen LogP contribution < -0.4 is 21.3 Å². The number of nitrogens with one attached hydrogen (secondary N) is 4. The lowest BCUT2D eigenvalue weighted by Gasteiger charge is -2.15. The Bertz CT molecular complexity index is 697. The highest BCUT2D eigenvalue weighted by atomic mass is 35.5. The smallest absolute Gasteiger partial charge is 0.225 e.